The summed E-state index contributed by atoms with van der Waals surface area (Å²) in [5, 5.41) is 14.2. The molecule has 0 spiro atoms. The molecule has 2 heterocycles. The molecule has 1 aliphatic heterocycles. The molecule has 1 aromatic heterocycles. The zero-order valence-electron chi connectivity index (χ0n) is 10.8. The molecule has 1 unspecified atom stereocenters. The van der Waals surface area contributed by atoms with E-state index in [1.807, 2.05) is 0 Å². The van der Waals surface area contributed by atoms with E-state index in [0.29, 0.717) is 12.5 Å². The van der Waals surface area contributed by atoms with Crippen molar-refractivity contribution in [3.63, 3.8) is 0 Å². The van der Waals surface area contributed by atoms with Crippen LogP contribution in [0.25, 0.3) is 0 Å². The molecule has 0 bridgehead atoms. The molecule has 7 nitrogen and oxygen atoms in total. The van der Waals surface area contributed by atoms with Crippen LogP contribution >= 0.6 is 0 Å². The van der Waals surface area contributed by atoms with Crippen LogP contribution in [0.1, 0.15) is 19.3 Å². The summed E-state index contributed by atoms with van der Waals surface area (Å²) in [5.74, 6) is 0.314. The molecule has 1 atom stereocenters. The van der Waals surface area contributed by atoms with E-state index < -0.39 is 4.92 Å². The van der Waals surface area contributed by atoms with Gasteiger partial charge in [0, 0.05) is 18.2 Å². The number of ether oxygens (including phenoxy) is 2. The van der Waals surface area contributed by atoms with Gasteiger partial charge in [-0.3, -0.25) is 10.1 Å². The Morgan fingerprint density at radius 1 is 1.53 bits per heavy atom. The molecule has 1 aliphatic rings. The minimum atomic E-state index is -0.504. The molecule has 0 saturated carbocycles. The van der Waals surface area contributed by atoms with Gasteiger partial charge >= 0.3 is 5.69 Å². The highest BCUT2D eigenvalue weighted by molar-refractivity contribution is 5.42. The number of hydrogen-bond donors (Lipinski definition) is 1. The van der Waals surface area contributed by atoms with E-state index in [-0.39, 0.29) is 17.6 Å². The second-order valence-corrected chi connectivity index (χ2v) is 4.39. The van der Waals surface area contributed by atoms with Gasteiger partial charge in [0.2, 0.25) is 5.88 Å². The van der Waals surface area contributed by atoms with Gasteiger partial charge in [0.05, 0.1) is 12.0 Å². The molecule has 0 aliphatic carbocycles. The lowest BCUT2D eigenvalue weighted by molar-refractivity contribution is -0.386. The fourth-order valence-corrected chi connectivity index (χ4v) is 2.02. The number of methoxy groups -OCH3 is 1. The zero-order chi connectivity index (χ0) is 13.7. The van der Waals surface area contributed by atoms with Crippen molar-refractivity contribution in [3.05, 3.63) is 22.2 Å². The Hall–Kier alpha value is -1.89. The van der Waals surface area contributed by atoms with Gasteiger partial charge in [-0.15, -0.1) is 0 Å². The third-order valence-electron chi connectivity index (χ3n) is 3.05. The highest BCUT2D eigenvalue weighted by atomic mass is 16.6. The number of nitrogens with one attached hydrogen (secondary N) is 1. The summed E-state index contributed by atoms with van der Waals surface area (Å²) < 4.78 is 10.4. The van der Waals surface area contributed by atoms with Crippen molar-refractivity contribution in [2.75, 3.05) is 20.3 Å². The van der Waals surface area contributed by atoms with Gasteiger partial charge in [-0.25, -0.2) is 0 Å². The smallest absolute Gasteiger partial charge is 0.331 e. The van der Waals surface area contributed by atoms with Crippen molar-refractivity contribution >= 4 is 5.69 Å². The molecule has 7 heteroatoms. The molecule has 104 valence electrons. The summed E-state index contributed by atoms with van der Waals surface area (Å²) in [7, 11) is 1.46. The zero-order valence-corrected chi connectivity index (χ0v) is 10.8. The topological polar surface area (TPSA) is 86.5 Å². The maximum absolute atomic E-state index is 10.9. The van der Waals surface area contributed by atoms with Gasteiger partial charge in [0.1, 0.15) is 6.61 Å². The normalized spacial score (nSPS) is 18.9. The van der Waals surface area contributed by atoms with E-state index in [1.54, 1.807) is 0 Å². The molecule has 19 heavy (non-hydrogen) atoms. The quantitative estimate of drug-likeness (QED) is 0.643. The standard InChI is InChI=1S/C12H17N3O4/c1-18-11-6-5-10(15(16)17)12(14-11)19-8-9-4-2-3-7-13-9/h5-6,9,13H,2-4,7-8H2,1H3. The Balaban J connectivity index is 2.06. The number of hydrogen-bond acceptors (Lipinski definition) is 6. The van der Waals surface area contributed by atoms with Gasteiger partial charge in [-0.2, -0.15) is 4.98 Å². The fraction of sp³-hybridized carbons (Fsp3) is 0.583. The van der Waals surface area contributed by atoms with E-state index >= 15 is 0 Å². The predicted molar refractivity (Wildman–Crippen MR) is 68.6 cm³/mol. The van der Waals surface area contributed by atoms with Crippen LogP contribution < -0.4 is 14.8 Å². The van der Waals surface area contributed by atoms with E-state index in [2.05, 4.69) is 10.3 Å². The molecule has 1 aromatic rings. The van der Waals surface area contributed by atoms with Crippen LogP contribution in [0, 0.1) is 10.1 Å². The van der Waals surface area contributed by atoms with E-state index in [0.717, 1.165) is 25.8 Å². The lowest BCUT2D eigenvalue weighted by Gasteiger charge is -2.23. The van der Waals surface area contributed by atoms with E-state index in [1.165, 1.54) is 19.2 Å². The third-order valence-corrected chi connectivity index (χ3v) is 3.05. The van der Waals surface area contributed by atoms with Gasteiger partial charge in [0.15, 0.2) is 0 Å². The number of rotatable bonds is 5. The number of pyridine rings is 1. The molecular weight excluding hydrogens is 250 g/mol. The van der Waals surface area contributed by atoms with Gasteiger partial charge in [-0.05, 0) is 19.4 Å². The number of piperidine rings is 1. The largest absolute Gasteiger partial charge is 0.481 e. The second-order valence-electron chi connectivity index (χ2n) is 4.39. The maximum Gasteiger partial charge on any atom is 0.331 e. The van der Waals surface area contributed by atoms with Gasteiger partial charge in [-0.1, -0.05) is 6.42 Å². The van der Waals surface area contributed by atoms with Crippen molar-refractivity contribution in [1.29, 1.82) is 0 Å². The minimum absolute atomic E-state index is 0.0109. The van der Waals surface area contributed by atoms with E-state index in [9.17, 15) is 10.1 Å². The van der Waals surface area contributed by atoms with Crippen LogP contribution in [0.2, 0.25) is 0 Å². The van der Waals surface area contributed by atoms with Crippen LogP contribution in [0.15, 0.2) is 12.1 Å². The number of nitrogens with zero attached hydrogens (tertiary/aromatic N) is 2. The lowest BCUT2D eigenvalue weighted by Crippen LogP contribution is -2.38. The first kappa shape index (κ1) is 13.5. The lowest BCUT2D eigenvalue weighted by atomic mass is 10.1. The van der Waals surface area contributed by atoms with Gasteiger partial charge in [0.25, 0.3) is 5.88 Å². The SMILES string of the molecule is COc1ccc([N+](=O)[O-])c(OCC2CCCCN2)n1. The van der Waals surface area contributed by atoms with Gasteiger partial charge < -0.3 is 14.8 Å². The summed E-state index contributed by atoms with van der Waals surface area (Å²) in [6.07, 6.45) is 3.32. The summed E-state index contributed by atoms with van der Waals surface area (Å²) in [5.41, 5.74) is -0.142. The first-order chi connectivity index (χ1) is 9.20. The summed E-state index contributed by atoms with van der Waals surface area (Å²) >= 11 is 0. The minimum Gasteiger partial charge on any atom is -0.481 e. The van der Waals surface area contributed by atoms with Crippen molar-refractivity contribution < 1.29 is 14.4 Å². The fourth-order valence-electron chi connectivity index (χ4n) is 2.02. The monoisotopic (exact) mass is 267 g/mol. The molecule has 2 rings (SSSR count). The molecular formula is C12H17N3O4. The first-order valence-electron chi connectivity index (χ1n) is 6.26. The van der Waals surface area contributed by atoms with Crippen LogP contribution in [0.3, 0.4) is 0 Å². The highest BCUT2D eigenvalue weighted by Gasteiger charge is 2.20. The summed E-state index contributed by atoms with van der Waals surface area (Å²) in [6.45, 7) is 1.34. The Labute approximate surface area is 111 Å². The van der Waals surface area contributed by atoms with Crippen LogP contribution in [-0.4, -0.2) is 36.2 Å². The van der Waals surface area contributed by atoms with Crippen LogP contribution in [0.5, 0.6) is 11.8 Å². The first-order valence-corrected chi connectivity index (χ1v) is 6.26. The average molecular weight is 267 g/mol. The molecule has 0 aromatic carbocycles. The highest BCUT2D eigenvalue weighted by Crippen LogP contribution is 2.27. The Morgan fingerprint density at radius 3 is 3.00 bits per heavy atom. The summed E-state index contributed by atoms with van der Waals surface area (Å²) in [4.78, 5) is 14.4. The van der Waals surface area contributed by atoms with Crippen molar-refractivity contribution in [2.24, 2.45) is 0 Å². The van der Waals surface area contributed by atoms with Crippen LogP contribution in [-0.2, 0) is 0 Å². The predicted octanol–water partition coefficient (Wildman–Crippen LogP) is 1.52. The van der Waals surface area contributed by atoms with Crippen molar-refractivity contribution in [2.45, 2.75) is 25.3 Å². The number of aromatic nitrogens is 1. The molecule has 1 saturated heterocycles. The number of nitro groups is 1. The Morgan fingerprint density at radius 2 is 2.37 bits per heavy atom. The average Bonchev–Trinajstić information content (AvgIpc) is 2.45. The maximum atomic E-state index is 10.9. The Bertz CT molecular complexity index is 447. The van der Waals surface area contributed by atoms with Crippen LogP contribution in [0.4, 0.5) is 5.69 Å². The second kappa shape index (κ2) is 6.33. The summed E-state index contributed by atoms with van der Waals surface area (Å²) in [6, 6.07) is 3.01. The Kier molecular flexibility index (Phi) is 4.51. The van der Waals surface area contributed by atoms with E-state index in [4.69, 9.17) is 9.47 Å². The molecule has 1 N–H and O–H groups in total. The third kappa shape index (κ3) is 3.54. The molecule has 0 radical (unpaired) electrons. The van der Waals surface area contributed by atoms with Crippen molar-refractivity contribution in [1.82, 2.24) is 10.3 Å². The van der Waals surface area contributed by atoms with Crippen molar-refractivity contribution in [3.8, 4) is 11.8 Å². The molecule has 1 fully saturated rings. The molecule has 0 amide bonds.